The summed E-state index contributed by atoms with van der Waals surface area (Å²) >= 11 is 0. The van der Waals surface area contributed by atoms with Gasteiger partial charge in [-0.15, -0.1) is 0 Å². The van der Waals surface area contributed by atoms with Gasteiger partial charge < -0.3 is 5.32 Å². The van der Waals surface area contributed by atoms with Gasteiger partial charge in [-0.05, 0) is 37.1 Å². The number of allylic oxidation sites excluding steroid dienone is 4. The Balaban J connectivity index is 2.90. The Morgan fingerprint density at radius 2 is 2.29 bits per heavy atom. The predicted molar refractivity (Wildman–Crippen MR) is 72.2 cm³/mol. The lowest BCUT2D eigenvalue weighted by Crippen LogP contribution is -2.02. The number of hydrogen-bond donors (Lipinski definition) is 1. The van der Waals surface area contributed by atoms with Crippen LogP contribution < -0.4 is 5.32 Å². The minimum absolute atomic E-state index is 0.768. The van der Waals surface area contributed by atoms with E-state index < -0.39 is 0 Å². The Morgan fingerprint density at radius 3 is 2.82 bits per heavy atom. The number of pyridine rings is 1. The quantitative estimate of drug-likeness (QED) is 0.630. The third-order valence-electron chi connectivity index (χ3n) is 2.13. The zero-order valence-electron chi connectivity index (χ0n) is 10.2. The minimum atomic E-state index is 0.768. The highest BCUT2D eigenvalue weighted by molar-refractivity contribution is 5.44. The Labute approximate surface area is 103 Å². The van der Waals surface area contributed by atoms with E-state index in [2.05, 4.69) is 28.7 Å². The van der Waals surface area contributed by atoms with Crippen LogP contribution in [0, 0.1) is 11.8 Å². The van der Waals surface area contributed by atoms with Crippen LogP contribution in [0.25, 0.3) is 0 Å². The number of nitrogens with zero attached hydrogens (tertiary/aromatic N) is 1. The first-order valence-corrected chi connectivity index (χ1v) is 5.41. The molecule has 0 aromatic carbocycles. The Hall–Kier alpha value is -2.27. The predicted octanol–water partition coefficient (Wildman–Crippen LogP) is 2.67. The lowest BCUT2D eigenvalue weighted by molar-refractivity contribution is 1.03. The zero-order valence-corrected chi connectivity index (χ0v) is 10.2. The van der Waals surface area contributed by atoms with Crippen molar-refractivity contribution in [3.63, 3.8) is 0 Å². The van der Waals surface area contributed by atoms with Crippen molar-refractivity contribution in [2.24, 2.45) is 0 Å². The molecule has 0 amide bonds. The van der Waals surface area contributed by atoms with Crippen molar-refractivity contribution in [1.82, 2.24) is 10.3 Å². The van der Waals surface area contributed by atoms with Crippen LogP contribution in [-0.4, -0.2) is 12.0 Å². The molecule has 17 heavy (non-hydrogen) atoms. The lowest BCUT2D eigenvalue weighted by atomic mass is 10.2. The van der Waals surface area contributed by atoms with E-state index in [1.165, 1.54) is 0 Å². The number of hydrogen-bond acceptors (Lipinski definition) is 2. The Morgan fingerprint density at radius 1 is 1.47 bits per heavy atom. The standard InChI is InChI=1S/C15H16N2/c1-4-13(12-14(5-2)16-3)9-10-15-8-6-7-11-17-15/h4-8,11-12,16H,2H2,1,3H3/b13-4-,14-12+. The molecule has 1 N–H and O–H groups in total. The third-order valence-corrected chi connectivity index (χ3v) is 2.13. The summed E-state index contributed by atoms with van der Waals surface area (Å²) in [5, 5.41) is 3.03. The van der Waals surface area contributed by atoms with Gasteiger partial charge in [0.15, 0.2) is 0 Å². The van der Waals surface area contributed by atoms with Crippen LogP contribution in [0.3, 0.4) is 0 Å². The van der Waals surface area contributed by atoms with Gasteiger partial charge in [0.05, 0.1) is 0 Å². The van der Waals surface area contributed by atoms with E-state index >= 15 is 0 Å². The van der Waals surface area contributed by atoms with Crippen LogP contribution in [0.15, 0.2) is 60.5 Å². The smallest absolute Gasteiger partial charge is 0.113 e. The molecule has 0 bridgehead atoms. The third kappa shape index (κ3) is 4.40. The monoisotopic (exact) mass is 224 g/mol. The number of aromatic nitrogens is 1. The highest BCUT2D eigenvalue weighted by Gasteiger charge is 1.89. The summed E-state index contributed by atoms with van der Waals surface area (Å²) in [7, 11) is 1.85. The minimum Gasteiger partial charge on any atom is -0.388 e. The fourth-order valence-electron chi connectivity index (χ4n) is 1.17. The molecule has 2 nitrogen and oxygen atoms in total. The molecule has 0 radical (unpaired) electrons. The van der Waals surface area contributed by atoms with Crippen molar-refractivity contribution in [1.29, 1.82) is 0 Å². The first-order chi connectivity index (χ1) is 8.30. The SMILES string of the molecule is C=C/C(=C\C(C#Cc1ccccn1)=C/C)NC. The van der Waals surface area contributed by atoms with Gasteiger partial charge in [-0.3, -0.25) is 0 Å². The highest BCUT2D eigenvalue weighted by Crippen LogP contribution is 2.01. The fraction of sp³-hybridized carbons (Fsp3) is 0.133. The molecule has 0 atom stereocenters. The molecule has 1 rings (SSSR count). The van der Waals surface area contributed by atoms with Gasteiger partial charge in [0.1, 0.15) is 5.69 Å². The summed E-state index contributed by atoms with van der Waals surface area (Å²) in [5.74, 6) is 6.08. The molecular formula is C15H16N2. The molecule has 0 spiro atoms. The van der Waals surface area contributed by atoms with Crippen LogP contribution in [0.5, 0.6) is 0 Å². The van der Waals surface area contributed by atoms with Gasteiger partial charge in [-0.2, -0.15) is 0 Å². The summed E-state index contributed by atoms with van der Waals surface area (Å²) in [6.45, 7) is 5.67. The molecule has 0 aliphatic rings. The average Bonchev–Trinajstić information content (AvgIpc) is 2.40. The summed E-state index contributed by atoms with van der Waals surface area (Å²) in [4.78, 5) is 4.15. The molecule has 0 unspecified atom stereocenters. The Bertz CT molecular complexity index is 485. The maximum absolute atomic E-state index is 4.15. The summed E-state index contributed by atoms with van der Waals surface area (Å²) in [6.07, 6.45) is 7.39. The van der Waals surface area contributed by atoms with E-state index in [9.17, 15) is 0 Å². The van der Waals surface area contributed by atoms with Crippen LogP contribution in [0.2, 0.25) is 0 Å². The van der Waals surface area contributed by atoms with E-state index in [4.69, 9.17) is 0 Å². The van der Waals surface area contributed by atoms with Crippen molar-refractivity contribution >= 4 is 0 Å². The van der Waals surface area contributed by atoms with E-state index in [1.54, 1.807) is 12.3 Å². The maximum atomic E-state index is 4.15. The van der Waals surface area contributed by atoms with E-state index in [1.807, 2.05) is 44.3 Å². The fourth-order valence-corrected chi connectivity index (χ4v) is 1.17. The largest absolute Gasteiger partial charge is 0.388 e. The molecule has 0 saturated heterocycles. The number of rotatable bonds is 3. The van der Waals surface area contributed by atoms with Crippen molar-refractivity contribution in [3.05, 3.63) is 66.2 Å². The topological polar surface area (TPSA) is 24.9 Å². The number of nitrogens with one attached hydrogen (secondary N) is 1. The first kappa shape index (κ1) is 12.8. The van der Waals surface area contributed by atoms with Crippen molar-refractivity contribution < 1.29 is 0 Å². The van der Waals surface area contributed by atoms with Crippen LogP contribution in [0.4, 0.5) is 0 Å². The van der Waals surface area contributed by atoms with E-state index in [0.29, 0.717) is 0 Å². The van der Waals surface area contributed by atoms with Crippen molar-refractivity contribution in [2.75, 3.05) is 7.05 Å². The molecule has 2 heteroatoms. The van der Waals surface area contributed by atoms with Gasteiger partial charge in [0.2, 0.25) is 0 Å². The molecule has 0 aliphatic heterocycles. The van der Waals surface area contributed by atoms with Gasteiger partial charge in [0, 0.05) is 24.5 Å². The molecule has 1 aromatic rings. The Kier molecular flexibility index (Phi) is 5.33. The zero-order chi connectivity index (χ0) is 12.5. The molecule has 0 aliphatic carbocycles. The second-order valence-electron chi connectivity index (χ2n) is 3.26. The molecule has 1 aromatic heterocycles. The van der Waals surface area contributed by atoms with Crippen LogP contribution >= 0.6 is 0 Å². The average molecular weight is 224 g/mol. The highest BCUT2D eigenvalue weighted by atomic mass is 14.8. The van der Waals surface area contributed by atoms with Crippen LogP contribution in [0.1, 0.15) is 12.6 Å². The van der Waals surface area contributed by atoms with Crippen LogP contribution in [-0.2, 0) is 0 Å². The molecule has 86 valence electrons. The summed E-state index contributed by atoms with van der Waals surface area (Å²) in [6, 6.07) is 5.68. The van der Waals surface area contributed by atoms with Gasteiger partial charge in [0.25, 0.3) is 0 Å². The molecule has 1 heterocycles. The maximum Gasteiger partial charge on any atom is 0.113 e. The van der Waals surface area contributed by atoms with Crippen molar-refractivity contribution in [2.45, 2.75) is 6.92 Å². The molecule has 0 fully saturated rings. The summed E-state index contributed by atoms with van der Waals surface area (Å²) < 4.78 is 0. The number of likely N-dealkylation sites (N-methyl/N-ethyl adjacent to an activating group) is 1. The van der Waals surface area contributed by atoms with Gasteiger partial charge in [-0.1, -0.05) is 24.6 Å². The summed E-state index contributed by atoms with van der Waals surface area (Å²) in [5.41, 5.74) is 2.64. The lowest BCUT2D eigenvalue weighted by Gasteiger charge is -1.98. The van der Waals surface area contributed by atoms with Gasteiger partial charge >= 0.3 is 0 Å². The second-order valence-corrected chi connectivity index (χ2v) is 3.26. The molecule has 0 saturated carbocycles. The van der Waals surface area contributed by atoms with Crippen molar-refractivity contribution in [3.8, 4) is 11.8 Å². The first-order valence-electron chi connectivity index (χ1n) is 5.41. The van der Waals surface area contributed by atoms with Gasteiger partial charge in [-0.25, -0.2) is 4.98 Å². The normalized spacial score (nSPS) is 11.4. The second kappa shape index (κ2) is 7.08. The van der Waals surface area contributed by atoms with E-state index in [0.717, 1.165) is 17.0 Å². The molecular weight excluding hydrogens is 208 g/mol. The van der Waals surface area contributed by atoms with E-state index in [-0.39, 0.29) is 0 Å².